The molecule has 0 spiro atoms. The Morgan fingerprint density at radius 1 is 0.783 bits per heavy atom. The molecule has 0 aliphatic carbocycles. The van der Waals surface area contributed by atoms with Gasteiger partial charge in [-0.1, -0.05) is 91.0 Å². The lowest BCUT2D eigenvalue weighted by Crippen LogP contribution is -1.90. The van der Waals surface area contributed by atoms with Crippen LogP contribution in [0.3, 0.4) is 0 Å². The van der Waals surface area contributed by atoms with E-state index in [0.29, 0.717) is 5.56 Å². The van der Waals surface area contributed by atoms with Crippen molar-refractivity contribution in [2.45, 2.75) is 0 Å². The number of aliphatic hydroxyl groups excluding tert-OH is 1. The van der Waals surface area contributed by atoms with Gasteiger partial charge in [0.1, 0.15) is 5.76 Å². The predicted molar refractivity (Wildman–Crippen MR) is 95.8 cm³/mol. The highest BCUT2D eigenvalue weighted by atomic mass is 16.3. The summed E-state index contributed by atoms with van der Waals surface area (Å²) >= 11 is 0. The molecule has 0 aromatic heterocycles. The number of hydrogen-bond donors (Lipinski definition) is 1. The Balaban J connectivity index is 1.86. The average Bonchev–Trinajstić information content (AvgIpc) is 2.59. The van der Waals surface area contributed by atoms with Gasteiger partial charge in [-0.15, -0.1) is 0 Å². The molecule has 0 saturated heterocycles. The zero-order valence-electron chi connectivity index (χ0n) is 12.7. The molecule has 2 aromatic carbocycles. The van der Waals surface area contributed by atoms with E-state index in [1.165, 1.54) is 12.2 Å². The lowest BCUT2D eigenvalue weighted by atomic mass is 10.1. The van der Waals surface area contributed by atoms with E-state index in [1.54, 1.807) is 24.3 Å². The molecule has 2 nitrogen and oxygen atoms in total. The highest BCUT2D eigenvalue weighted by molar-refractivity contribution is 6.03. The lowest BCUT2D eigenvalue weighted by Gasteiger charge is -1.97. The van der Waals surface area contributed by atoms with E-state index in [2.05, 4.69) is 0 Å². The number of aliphatic hydroxyl groups is 1. The summed E-state index contributed by atoms with van der Waals surface area (Å²) in [5, 5.41) is 9.83. The maximum Gasteiger partial charge on any atom is 0.182 e. The van der Waals surface area contributed by atoms with Crippen LogP contribution in [0.25, 0.3) is 11.8 Å². The molecule has 0 radical (unpaired) electrons. The third-order valence-corrected chi connectivity index (χ3v) is 3.03. The smallest absolute Gasteiger partial charge is 0.182 e. The summed E-state index contributed by atoms with van der Waals surface area (Å²) in [6.07, 6.45) is 11.8. The Morgan fingerprint density at radius 3 is 2.09 bits per heavy atom. The summed E-state index contributed by atoms with van der Waals surface area (Å²) in [4.78, 5) is 11.7. The van der Waals surface area contributed by atoms with Crippen molar-refractivity contribution in [3.05, 3.63) is 108 Å². The third kappa shape index (κ3) is 6.02. The molecule has 0 aliphatic rings. The van der Waals surface area contributed by atoms with E-state index in [9.17, 15) is 9.90 Å². The normalized spacial score (nSPS) is 12.4. The monoisotopic (exact) mass is 302 g/mol. The van der Waals surface area contributed by atoms with Gasteiger partial charge in [-0.3, -0.25) is 4.79 Å². The Morgan fingerprint density at radius 2 is 1.39 bits per heavy atom. The van der Waals surface area contributed by atoms with Crippen molar-refractivity contribution in [1.29, 1.82) is 0 Å². The predicted octanol–water partition coefficient (Wildman–Crippen LogP) is 4.98. The van der Waals surface area contributed by atoms with Gasteiger partial charge in [0.2, 0.25) is 0 Å². The summed E-state index contributed by atoms with van der Waals surface area (Å²) in [6, 6.07) is 18.9. The Labute approximate surface area is 136 Å². The van der Waals surface area contributed by atoms with E-state index in [-0.39, 0.29) is 11.5 Å². The maximum absolute atomic E-state index is 11.7. The van der Waals surface area contributed by atoms with Crippen molar-refractivity contribution in [1.82, 2.24) is 0 Å². The molecule has 0 saturated carbocycles. The second kappa shape index (κ2) is 9.00. The van der Waals surface area contributed by atoms with Gasteiger partial charge in [-0.25, -0.2) is 0 Å². The van der Waals surface area contributed by atoms with E-state index >= 15 is 0 Å². The number of allylic oxidation sites excluding steroid dienone is 6. The summed E-state index contributed by atoms with van der Waals surface area (Å²) in [5.74, 6) is -0.295. The van der Waals surface area contributed by atoms with Gasteiger partial charge in [0.05, 0.1) is 0 Å². The molecule has 0 fully saturated rings. The second-order valence-electron chi connectivity index (χ2n) is 4.81. The minimum absolute atomic E-state index is 0.0341. The summed E-state index contributed by atoms with van der Waals surface area (Å²) in [5.41, 5.74) is 1.74. The minimum Gasteiger partial charge on any atom is -0.507 e. The van der Waals surface area contributed by atoms with Crippen LogP contribution < -0.4 is 0 Å². The molecular formula is C21H18O2. The fraction of sp³-hybridized carbons (Fsp3) is 0. The van der Waals surface area contributed by atoms with Crippen LogP contribution in [0.5, 0.6) is 0 Å². The third-order valence-electron chi connectivity index (χ3n) is 3.03. The van der Waals surface area contributed by atoms with E-state index in [1.807, 2.05) is 66.8 Å². The van der Waals surface area contributed by atoms with Crippen LogP contribution in [0.4, 0.5) is 0 Å². The molecule has 0 bridgehead atoms. The van der Waals surface area contributed by atoms with E-state index in [4.69, 9.17) is 0 Å². The van der Waals surface area contributed by atoms with E-state index in [0.717, 1.165) is 5.56 Å². The average molecular weight is 302 g/mol. The van der Waals surface area contributed by atoms with Crippen molar-refractivity contribution in [2.75, 3.05) is 0 Å². The number of carbonyl (C=O) groups excluding carboxylic acids is 1. The molecule has 114 valence electrons. The zero-order chi connectivity index (χ0) is 16.3. The molecule has 0 heterocycles. The molecule has 0 atom stereocenters. The Bertz CT molecular complexity index is 736. The number of carbonyl (C=O) groups is 1. The number of rotatable bonds is 6. The first-order valence-corrected chi connectivity index (χ1v) is 7.32. The fourth-order valence-corrected chi connectivity index (χ4v) is 1.88. The van der Waals surface area contributed by atoms with Crippen LogP contribution >= 0.6 is 0 Å². The van der Waals surface area contributed by atoms with Crippen molar-refractivity contribution in [2.24, 2.45) is 0 Å². The first-order chi connectivity index (χ1) is 11.3. The van der Waals surface area contributed by atoms with Crippen LogP contribution in [-0.2, 0) is 4.79 Å². The van der Waals surface area contributed by atoms with Gasteiger partial charge < -0.3 is 5.11 Å². The van der Waals surface area contributed by atoms with Gasteiger partial charge in [-0.2, -0.15) is 0 Å². The van der Waals surface area contributed by atoms with Crippen LogP contribution in [0, 0.1) is 0 Å². The molecule has 0 unspecified atom stereocenters. The van der Waals surface area contributed by atoms with Crippen molar-refractivity contribution < 1.29 is 9.90 Å². The molecule has 2 aromatic rings. The second-order valence-corrected chi connectivity index (χ2v) is 4.81. The molecule has 2 heteroatoms. The number of ketones is 1. The van der Waals surface area contributed by atoms with Gasteiger partial charge in [0, 0.05) is 11.6 Å². The quantitative estimate of drug-likeness (QED) is 0.464. The first kappa shape index (κ1) is 16.2. The highest BCUT2D eigenvalue weighted by Gasteiger charge is 1.99. The van der Waals surface area contributed by atoms with Gasteiger partial charge >= 0.3 is 0 Å². The summed E-state index contributed by atoms with van der Waals surface area (Å²) in [7, 11) is 0. The largest absolute Gasteiger partial charge is 0.507 e. The van der Waals surface area contributed by atoms with Gasteiger partial charge in [-0.05, 0) is 11.6 Å². The van der Waals surface area contributed by atoms with Crippen LogP contribution in [-0.4, -0.2) is 10.9 Å². The molecule has 0 aliphatic heterocycles. The highest BCUT2D eigenvalue weighted by Crippen LogP contribution is 2.10. The van der Waals surface area contributed by atoms with Crippen molar-refractivity contribution in [3.8, 4) is 0 Å². The van der Waals surface area contributed by atoms with E-state index < -0.39 is 0 Å². The van der Waals surface area contributed by atoms with Crippen LogP contribution in [0.2, 0.25) is 0 Å². The Kier molecular flexibility index (Phi) is 6.36. The summed E-state index contributed by atoms with van der Waals surface area (Å²) < 4.78 is 0. The molecular weight excluding hydrogens is 284 g/mol. The lowest BCUT2D eigenvalue weighted by molar-refractivity contribution is -0.110. The topological polar surface area (TPSA) is 37.3 Å². The van der Waals surface area contributed by atoms with Crippen molar-refractivity contribution >= 4 is 17.6 Å². The molecule has 1 N–H and O–H groups in total. The number of hydrogen-bond acceptors (Lipinski definition) is 2. The Hall–Kier alpha value is -3.13. The van der Waals surface area contributed by atoms with Gasteiger partial charge in [0.25, 0.3) is 0 Å². The minimum atomic E-state index is -0.261. The fourth-order valence-electron chi connectivity index (χ4n) is 1.88. The number of benzene rings is 2. The molecule has 0 amide bonds. The summed E-state index contributed by atoms with van der Waals surface area (Å²) in [6.45, 7) is 0. The van der Waals surface area contributed by atoms with Crippen molar-refractivity contribution in [3.63, 3.8) is 0 Å². The SMILES string of the molecule is O=C(/C=C(\O)c1ccccc1)/C=C/C=C/C=C/c1ccccc1. The first-order valence-electron chi connectivity index (χ1n) is 7.32. The van der Waals surface area contributed by atoms with Crippen LogP contribution in [0.1, 0.15) is 11.1 Å². The standard InChI is InChI=1S/C21H18O2/c22-20(17-21(23)19-14-8-4-9-15-19)16-10-2-1-5-11-18-12-6-3-7-13-18/h1-17,23H/b2-1+,11-5+,16-10+,21-17-. The van der Waals surface area contributed by atoms with Crippen LogP contribution in [0.15, 0.2) is 97.1 Å². The molecule has 2 rings (SSSR count). The maximum atomic E-state index is 11.7. The van der Waals surface area contributed by atoms with Gasteiger partial charge in [0.15, 0.2) is 5.78 Å². The molecule has 23 heavy (non-hydrogen) atoms. The zero-order valence-corrected chi connectivity index (χ0v) is 12.7.